The van der Waals surface area contributed by atoms with E-state index < -0.39 is 21.7 Å². The monoisotopic (exact) mass is 509 g/mol. The molecule has 0 radical (unpaired) electrons. The summed E-state index contributed by atoms with van der Waals surface area (Å²) in [5.74, 6) is -1.20. The Morgan fingerprint density at radius 1 is 1.00 bits per heavy atom. The molecule has 0 aliphatic heterocycles. The lowest BCUT2D eigenvalue weighted by Crippen LogP contribution is -2.24. The summed E-state index contributed by atoms with van der Waals surface area (Å²) in [5.41, 5.74) is 0.480. The van der Waals surface area contributed by atoms with Crippen LogP contribution in [0.25, 0.3) is 0 Å². The van der Waals surface area contributed by atoms with E-state index in [0.29, 0.717) is 5.02 Å². The maximum absolute atomic E-state index is 13.8. The molecule has 1 heterocycles. The molecule has 0 saturated heterocycles. The number of carbonyl (C=O) groups excluding carboxylic acids is 1. The average molecular weight is 510 g/mol. The van der Waals surface area contributed by atoms with Gasteiger partial charge in [-0.05, 0) is 61.5 Å². The number of pyridine rings is 1. The summed E-state index contributed by atoms with van der Waals surface area (Å²) in [6, 6.07) is 14.4. The molecule has 8 nitrogen and oxygen atoms in total. The van der Waals surface area contributed by atoms with Crippen LogP contribution in [0.4, 0.5) is 21.7 Å². The van der Waals surface area contributed by atoms with Gasteiger partial charge in [-0.3, -0.25) is 9.52 Å². The SMILES string of the molecule is CCS(=O)(=O)Nc1cccc(N/C(=N\C(=O)c2ccc(Cl)cc2)Nc2cc(F)cc(Cl)c2)n1. The van der Waals surface area contributed by atoms with Gasteiger partial charge < -0.3 is 10.6 Å². The van der Waals surface area contributed by atoms with Crippen molar-refractivity contribution in [2.24, 2.45) is 4.99 Å². The molecule has 0 aliphatic rings. The lowest BCUT2D eigenvalue weighted by molar-refractivity contribution is 0.100. The summed E-state index contributed by atoms with van der Waals surface area (Å²) >= 11 is 11.8. The smallest absolute Gasteiger partial charge is 0.280 e. The normalized spacial score (nSPS) is 11.7. The molecule has 0 atom stereocenters. The fourth-order valence-electron chi connectivity index (χ4n) is 2.52. The molecule has 0 bridgehead atoms. The van der Waals surface area contributed by atoms with Gasteiger partial charge >= 0.3 is 0 Å². The number of anilines is 3. The predicted octanol–water partition coefficient (Wildman–Crippen LogP) is 5.01. The number of sulfonamides is 1. The fourth-order valence-corrected chi connectivity index (χ4v) is 3.45. The molecule has 3 rings (SSSR count). The summed E-state index contributed by atoms with van der Waals surface area (Å²) in [6.07, 6.45) is 0. The second kappa shape index (κ2) is 10.6. The number of hydrogen-bond acceptors (Lipinski definition) is 4. The molecule has 1 amide bonds. The first-order chi connectivity index (χ1) is 15.6. The zero-order valence-corrected chi connectivity index (χ0v) is 19.5. The first kappa shape index (κ1) is 24.4. The average Bonchev–Trinajstić information content (AvgIpc) is 2.73. The van der Waals surface area contributed by atoms with Crippen molar-refractivity contribution in [1.82, 2.24) is 4.98 Å². The number of hydrogen-bond donors (Lipinski definition) is 3. The van der Waals surface area contributed by atoms with Crippen LogP contribution in [0.15, 0.2) is 65.7 Å². The van der Waals surface area contributed by atoms with Gasteiger partial charge in [-0.2, -0.15) is 4.99 Å². The standard InChI is InChI=1S/C21H18Cl2FN5O3S/c1-2-33(31,32)29-19-5-3-4-18(26-19)27-21(25-17-11-15(23)10-16(24)12-17)28-20(30)13-6-8-14(22)9-7-13/h3-12H,2H2,1H3,(H3,25,26,27,28,29,30). The number of benzene rings is 2. The largest absolute Gasteiger partial charge is 0.325 e. The molecule has 33 heavy (non-hydrogen) atoms. The topological polar surface area (TPSA) is 113 Å². The van der Waals surface area contributed by atoms with Crippen LogP contribution in [0.5, 0.6) is 0 Å². The zero-order chi connectivity index (χ0) is 24.0. The Morgan fingerprint density at radius 3 is 2.36 bits per heavy atom. The van der Waals surface area contributed by atoms with Crippen molar-refractivity contribution in [3.8, 4) is 0 Å². The highest BCUT2D eigenvalue weighted by Gasteiger charge is 2.12. The van der Waals surface area contributed by atoms with E-state index in [1.165, 1.54) is 37.3 Å². The molecule has 0 spiro atoms. The third-order valence-corrected chi connectivity index (χ3v) is 5.82. The van der Waals surface area contributed by atoms with Crippen molar-refractivity contribution in [3.63, 3.8) is 0 Å². The van der Waals surface area contributed by atoms with Gasteiger partial charge in [0.25, 0.3) is 5.91 Å². The summed E-state index contributed by atoms with van der Waals surface area (Å²) in [4.78, 5) is 20.8. The van der Waals surface area contributed by atoms with Crippen molar-refractivity contribution >= 4 is 62.4 Å². The molecular formula is C21H18Cl2FN5O3S. The summed E-state index contributed by atoms with van der Waals surface area (Å²) in [6.45, 7) is 1.49. The number of carbonyl (C=O) groups is 1. The van der Waals surface area contributed by atoms with Gasteiger partial charge in [-0.15, -0.1) is 0 Å². The Hall–Kier alpha value is -3.21. The lowest BCUT2D eigenvalue weighted by atomic mass is 10.2. The van der Waals surface area contributed by atoms with Gasteiger partial charge in [0.1, 0.15) is 17.5 Å². The molecule has 3 N–H and O–H groups in total. The van der Waals surface area contributed by atoms with Gasteiger partial charge in [0.2, 0.25) is 16.0 Å². The van der Waals surface area contributed by atoms with E-state index in [2.05, 4.69) is 25.3 Å². The minimum absolute atomic E-state index is 0.0685. The fraction of sp³-hybridized carbons (Fsp3) is 0.0952. The Morgan fingerprint density at radius 2 is 1.70 bits per heavy atom. The molecule has 12 heteroatoms. The number of rotatable bonds is 6. The first-order valence-corrected chi connectivity index (χ1v) is 11.9. The Bertz CT molecular complexity index is 1280. The highest BCUT2D eigenvalue weighted by molar-refractivity contribution is 7.92. The minimum Gasteiger partial charge on any atom is -0.325 e. The molecule has 0 aliphatic carbocycles. The van der Waals surface area contributed by atoms with Crippen molar-refractivity contribution in [2.75, 3.05) is 21.1 Å². The molecule has 1 aromatic heterocycles. The van der Waals surface area contributed by atoms with Crippen molar-refractivity contribution < 1.29 is 17.6 Å². The number of halogens is 3. The molecule has 0 unspecified atom stereocenters. The van der Waals surface area contributed by atoms with Crippen LogP contribution in [-0.4, -0.2) is 31.0 Å². The van der Waals surface area contributed by atoms with Crippen LogP contribution in [0, 0.1) is 5.82 Å². The van der Waals surface area contributed by atoms with Crippen molar-refractivity contribution in [3.05, 3.63) is 82.1 Å². The predicted molar refractivity (Wildman–Crippen MR) is 129 cm³/mol. The molecule has 0 fully saturated rings. The summed E-state index contributed by atoms with van der Waals surface area (Å²) in [5, 5.41) is 6.18. The first-order valence-electron chi connectivity index (χ1n) is 9.50. The second-order valence-corrected chi connectivity index (χ2v) is 9.48. The Balaban J connectivity index is 1.93. The van der Waals surface area contributed by atoms with E-state index in [9.17, 15) is 17.6 Å². The van der Waals surface area contributed by atoms with Gasteiger partial charge in [0.05, 0.1) is 5.75 Å². The van der Waals surface area contributed by atoms with Crippen LogP contribution >= 0.6 is 23.2 Å². The van der Waals surface area contributed by atoms with Gasteiger partial charge in [-0.25, -0.2) is 17.8 Å². The Kier molecular flexibility index (Phi) is 7.85. The van der Waals surface area contributed by atoms with E-state index in [-0.39, 0.29) is 39.6 Å². The number of guanidine groups is 1. The minimum atomic E-state index is -3.54. The third kappa shape index (κ3) is 7.41. The van der Waals surface area contributed by atoms with Crippen molar-refractivity contribution in [2.45, 2.75) is 6.92 Å². The van der Waals surface area contributed by atoms with E-state index in [0.717, 1.165) is 12.1 Å². The van der Waals surface area contributed by atoms with E-state index in [1.54, 1.807) is 18.2 Å². The van der Waals surface area contributed by atoms with Crippen LogP contribution in [-0.2, 0) is 10.0 Å². The number of nitrogens with zero attached hydrogens (tertiary/aromatic N) is 2. The maximum atomic E-state index is 13.8. The Labute approximate surface area is 199 Å². The third-order valence-electron chi connectivity index (χ3n) is 4.07. The molecule has 3 aromatic rings. The maximum Gasteiger partial charge on any atom is 0.280 e. The quantitative estimate of drug-likeness (QED) is 0.318. The highest BCUT2D eigenvalue weighted by Crippen LogP contribution is 2.19. The van der Waals surface area contributed by atoms with Crippen molar-refractivity contribution in [1.29, 1.82) is 0 Å². The van der Waals surface area contributed by atoms with Crippen LogP contribution in [0.1, 0.15) is 17.3 Å². The number of nitrogens with one attached hydrogen (secondary N) is 3. The van der Waals surface area contributed by atoms with E-state index in [1.807, 2.05) is 0 Å². The molecule has 2 aromatic carbocycles. The summed E-state index contributed by atoms with van der Waals surface area (Å²) < 4.78 is 39.8. The van der Waals surface area contributed by atoms with Gasteiger partial charge in [-0.1, -0.05) is 29.3 Å². The van der Waals surface area contributed by atoms with Gasteiger partial charge in [0.15, 0.2) is 0 Å². The van der Waals surface area contributed by atoms with E-state index >= 15 is 0 Å². The molecule has 172 valence electrons. The van der Waals surface area contributed by atoms with Crippen LogP contribution in [0.2, 0.25) is 10.0 Å². The zero-order valence-electron chi connectivity index (χ0n) is 17.1. The number of amides is 1. The molecular weight excluding hydrogens is 492 g/mol. The van der Waals surface area contributed by atoms with Gasteiger partial charge in [0, 0.05) is 21.3 Å². The second-order valence-electron chi connectivity index (χ2n) is 6.59. The van der Waals surface area contributed by atoms with Crippen LogP contribution < -0.4 is 15.4 Å². The summed E-state index contributed by atoms with van der Waals surface area (Å²) in [7, 11) is -3.54. The highest BCUT2D eigenvalue weighted by atomic mass is 35.5. The lowest BCUT2D eigenvalue weighted by Gasteiger charge is -2.13. The molecule has 0 saturated carbocycles. The van der Waals surface area contributed by atoms with Crippen LogP contribution in [0.3, 0.4) is 0 Å². The van der Waals surface area contributed by atoms with E-state index in [4.69, 9.17) is 23.2 Å². The number of aromatic nitrogens is 1. The number of aliphatic imine (C=N–C) groups is 1.